The number of pyridine rings is 1. The molecule has 64 valence electrons. The Labute approximate surface area is 71.9 Å². The molecule has 0 fully saturated rings. The molecule has 3 nitrogen and oxygen atoms in total. The van der Waals surface area contributed by atoms with Crippen LogP contribution in [0.5, 0.6) is 0 Å². The van der Waals surface area contributed by atoms with Crippen molar-refractivity contribution in [2.75, 3.05) is 0 Å². The van der Waals surface area contributed by atoms with E-state index in [1.165, 1.54) is 5.56 Å². The smallest absolute Gasteiger partial charge is 0.177 e. The van der Waals surface area contributed by atoms with Crippen LogP contribution in [0.25, 0.3) is 11.2 Å². The van der Waals surface area contributed by atoms with Crippen LogP contribution in [0.3, 0.4) is 0 Å². The minimum Gasteiger partial charge on any atom is -0.343 e. The lowest BCUT2D eigenvalue weighted by Gasteiger charge is -1.90. The monoisotopic (exact) mass is 163 g/mol. The normalized spacial score (nSPS) is 9.25. The minimum absolute atomic E-state index is 0.792. The Morgan fingerprint density at radius 1 is 1.25 bits per heavy atom. The first kappa shape index (κ1) is 8.71. The van der Waals surface area contributed by atoms with Gasteiger partial charge in [0.1, 0.15) is 0 Å². The van der Waals surface area contributed by atoms with Crippen LogP contribution >= 0.6 is 0 Å². The first-order valence-corrected chi connectivity index (χ1v) is 4.12. The Morgan fingerprint density at radius 2 is 2.00 bits per heavy atom. The van der Waals surface area contributed by atoms with Gasteiger partial charge in [0.15, 0.2) is 5.65 Å². The van der Waals surface area contributed by atoms with E-state index in [1.807, 2.05) is 26.8 Å². The van der Waals surface area contributed by atoms with E-state index in [4.69, 9.17) is 0 Å². The first-order chi connectivity index (χ1) is 5.88. The Kier molecular flexibility index (Phi) is 2.80. The Balaban J connectivity index is 0.000000336. The van der Waals surface area contributed by atoms with Crippen LogP contribution < -0.4 is 0 Å². The molecule has 0 radical (unpaired) electrons. The molecular formula is C9H13N3. The molecule has 0 atom stereocenters. The van der Waals surface area contributed by atoms with Crippen LogP contribution in [0.15, 0.2) is 18.6 Å². The molecule has 12 heavy (non-hydrogen) atoms. The number of nitrogens with zero attached hydrogens (tertiary/aromatic N) is 2. The second kappa shape index (κ2) is 3.85. The topological polar surface area (TPSA) is 41.6 Å². The van der Waals surface area contributed by atoms with E-state index in [2.05, 4.69) is 15.0 Å². The molecule has 3 heteroatoms. The Hall–Kier alpha value is -1.38. The standard InChI is InChI=1S/C7H7N3.C2H6/c1-5-2-3-8-7-6(5)9-4-10-7;1-2/h2-4H,1H3,(H,8,9,10);1-2H3. The molecule has 0 unspecified atom stereocenters. The highest BCUT2D eigenvalue weighted by atomic mass is 14.9. The van der Waals surface area contributed by atoms with Crippen molar-refractivity contribution >= 4 is 11.2 Å². The molecular weight excluding hydrogens is 150 g/mol. The molecule has 0 spiro atoms. The van der Waals surface area contributed by atoms with E-state index in [-0.39, 0.29) is 0 Å². The van der Waals surface area contributed by atoms with Crippen LogP contribution in [-0.2, 0) is 0 Å². The predicted octanol–water partition coefficient (Wildman–Crippen LogP) is 2.29. The molecule has 0 saturated heterocycles. The molecule has 0 saturated carbocycles. The zero-order valence-electron chi connectivity index (χ0n) is 7.63. The number of aromatic nitrogens is 3. The fourth-order valence-electron chi connectivity index (χ4n) is 0.978. The maximum atomic E-state index is 4.06. The second-order valence-electron chi connectivity index (χ2n) is 2.23. The number of hydrogen-bond donors (Lipinski definition) is 1. The summed E-state index contributed by atoms with van der Waals surface area (Å²) in [7, 11) is 0. The van der Waals surface area contributed by atoms with Crippen LogP contribution in [0.2, 0.25) is 0 Å². The van der Waals surface area contributed by atoms with E-state index < -0.39 is 0 Å². The van der Waals surface area contributed by atoms with Crippen molar-refractivity contribution in [2.24, 2.45) is 0 Å². The minimum atomic E-state index is 0.792. The summed E-state index contributed by atoms with van der Waals surface area (Å²) in [6, 6.07) is 1.96. The summed E-state index contributed by atoms with van der Waals surface area (Å²) in [5.41, 5.74) is 3.00. The lowest BCUT2D eigenvalue weighted by molar-refractivity contribution is 1.30. The van der Waals surface area contributed by atoms with E-state index in [9.17, 15) is 0 Å². The van der Waals surface area contributed by atoms with E-state index in [1.54, 1.807) is 12.5 Å². The number of nitrogens with one attached hydrogen (secondary N) is 1. The summed E-state index contributed by atoms with van der Waals surface area (Å²) in [5.74, 6) is 0. The lowest BCUT2D eigenvalue weighted by atomic mass is 10.3. The van der Waals surface area contributed by atoms with E-state index >= 15 is 0 Å². The fraction of sp³-hybridized carbons (Fsp3) is 0.333. The SMILES string of the molecule is CC.Cc1ccnc2nc[nH]c12. The van der Waals surface area contributed by atoms with Crippen molar-refractivity contribution in [1.82, 2.24) is 15.0 Å². The number of aromatic amines is 1. The number of rotatable bonds is 0. The van der Waals surface area contributed by atoms with Gasteiger partial charge >= 0.3 is 0 Å². The van der Waals surface area contributed by atoms with E-state index in [0.29, 0.717) is 0 Å². The largest absolute Gasteiger partial charge is 0.343 e. The van der Waals surface area contributed by atoms with Crippen LogP contribution in [0, 0.1) is 6.92 Å². The Bertz CT molecular complexity index is 351. The fourth-order valence-corrected chi connectivity index (χ4v) is 0.978. The third-order valence-electron chi connectivity index (χ3n) is 1.54. The van der Waals surface area contributed by atoms with Crippen molar-refractivity contribution in [3.8, 4) is 0 Å². The summed E-state index contributed by atoms with van der Waals surface area (Å²) in [6.07, 6.45) is 3.42. The summed E-state index contributed by atoms with van der Waals surface area (Å²) < 4.78 is 0. The molecule has 0 bridgehead atoms. The van der Waals surface area contributed by atoms with Crippen LogP contribution in [-0.4, -0.2) is 15.0 Å². The van der Waals surface area contributed by atoms with Gasteiger partial charge in [0, 0.05) is 6.20 Å². The highest BCUT2D eigenvalue weighted by Crippen LogP contribution is 2.09. The second-order valence-corrected chi connectivity index (χ2v) is 2.23. The molecule has 0 aliphatic carbocycles. The first-order valence-electron chi connectivity index (χ1n) is 4.12. The average molecular weight is 163 g/mol. The van der Waals surface area contributed by atoms with Gasteiger partial charge in [-0.3, -0.25) is 0 Å². The lowest BCUT2D eigenvalue weighted by Crippen LogP contribution is -1.78. The zero-order chi connectivity index (χ0) is 8.97. The van der Waals surface area contributed by atoms with Gasteiger partial charge in [-0.25, -0.2) is 9.97 Å². The number of H-pyrrole nitrogens is 1. The molecule has 2 heterocycles. The summed E-state index contributed by atoms with van der Waals surface area (Å²) >= 11 is 0. The van der Waals surface area contributed by atoms with Crippen LogP contribution in [0.1, 0.15) is 19.4 Å². The molecule has 0 amide bonds. The summed E-state index contributed by atoms with van der Waals surface area (Å²) in [5, 5.41) is 0. The van der Waals surface area contributed by atoms with Gasteiger partial charge in [-0.2, -0.15) is 0 Å². The highest BCUT2D eigenvalue weighted by molar-refractivity contribution is 5.73. The third-order valence-corrected chi connectivity index (χ3v) is 1.54. The Morgan fingerprint density at radius 3 is 2.67 bits per heavy atom. The average Bonchev–Trinajstić information content (AvgIpc) is 2.57. The van der Waals surface area contributed by atoms with Crippen molar-refractivity contribution in [2.45, 2.75) is 20.8 Å². The molecule has 0 aromatic carbocycles. The van der Waals surface area contributed by atoms with Crippen LogP contribution in [0.4, 0.5) is 0 Å². The van der Waals surface area contributed by atoms with E-state index in [0.717, 1.165) is 11.2 Å². The molecule has 0 aliphatic rings. The molecule has 1 N–H and O–H groups in total. The predicted molar refractivity (Wildman–Crippen MR) is 50.0 cm³/mol. The number of fused-ring (bicyclic) bond motifs is 1. The van der Waals surface area contributed by atoms with Gasteiger partial charge in [-0.1, -0.05) is 13.8 Å². The van der Waals surface area contributed by atoms with Gasteiger partial charge in [0.05, 0.1) is 11.8 Å². The van der Waals surface area contributed by atoms with Gasteiger partial charge in [-0.05, 0) is 18.6 Å². The molecule has 2 aromatic heterocycles. The quantitative estimate of drug-likeness (QED) is 0.647. The maximum Gasteiger partial charge on any atom is 0.177 e. The maximum absolute atomic E-state index is 4.06. The zero-order valence-corrected chi connectivity index (χ0v) is 7.63. The van der Waals surface area contributed by atoms with Crippen molar-refractivity contribution in [3.05, 3.63) is 24.2 Å². The molecule has 0 aliphatic heterocycles. The van der Waals surface area contributed by atoms with Gasteiger partial charge in [0.25, 0.3) is 0 Å². The number of hydrogen-bond acceptors (Lipinski definition) is 2. The van der Waals surface area contributed by atoms with Gasteiger partial charge in [0.2, 0.25) is 0 Å². The molecule has 2 aromatic rings. The molecule has 2 rings (SSSR count). The van der Waals surface area contributed by atoms with Crippen molar-refractivity contribution in [1.29, 1.82) is 0 Å². The summed E-state index contributed by atoms with van der Waals surface area (Å²) in [6.45, 7) is 6.03. The third kappa shape index (κ3) is 1.44. The number of aryl methyl sites for hydroxylation is 1. The number of imidazole rings is 1. The van der Waals surface area contributed by atoms with Crippen molar-refractivity contribution < 1.29 is 0 Å². The van der Waals surface area contributed by atoms with Gasteiger partial charge < -0.3 is 4.98 Å². The van der Waals surface area contributed by atoms with Crippen molar-refractivity contribution in [3.63, 3.8) is 0 Å². The van der Waals surface area contributed by atoms with Gasteiger partial charge in [-0.15, -0.1) is 0 Å². The highest BCUT2D eigenvalue weighted by Gasteiger charge is 1.96. The summed E-state index contributed by atoms with van der Waals surface area (Å²) in [4.78, 5) is 11.1.